The van der Waals surface area contributed by atoms with E-state index >= 15 is 0 Å². The molecular formula is C22H27N3O5. The molecule has 0 aliphatic carbocycles. The first-order valence-corrected chi connectivity index (χ1v) is 10.2. The van der Waals surface area contributed by atoms with Gasteiger partial charge < -0.3 is 19.7 Å². The molecule has 1 N–H and O–H groups in total. The summed E-state index contributed by atoms with van der Waals surface area (Å²) in [7, 11) is 0. The van der Waals surface area contributed by atoms with Crippen LogP contribution in [-0.2, 0) is 4.79 Å². The molecule has 3 rings (SSSR count). The molecule has 0 unspecified atom stereocenters. The molecule has 1 heterocycles. The number of amides is 1. The normalized spacial score (nSPS) is 14.2. The molecule has 1 saturated heterocycles. The fourth-order valence-corrected chi connectivity index (χ4v) is 3.55. The molecule has 1 fully saturated rings. The van der Waals surface area contributed by atoms with Crippen LogP contribution in [0.2, 0.25) is 0 Å². The molecular weight excluding hydrogens is 386 g/mol. The van der Waals surface area contributed by atoms with E-state index in [-0.39, 0.29) is 22.4 Å². The monoisotopic (exact) mass is 413 g/mol. The molecule has 0 atom stereocenters. The van der Waals surface area contributed by atoms with Gasteiger partial charge >= 0.3 is 0 Å². The fraction of sp³-hybridized carbons (Fsp3) is 0.409. The van der Waals surface area contributed by atoms with Gasteiger partial charge in [-0.05, 0) is 50.1 Å². The molecule has 0 spiro atoms. The molecule has 30 heavy (non-hydrogen) atoms. The van der Waals surface area contributed by atoms with Crippen LogP contribution in [0, 0.1) is 16.0 Å². The Morgan fingerprint density at radius 3 is 2.37 bits per heavy atom. The van der Waals surface area contributed by atoms with Gasteiger partial charge in [-0.25, -0.2) is 0 Å². The number of piperidine rings is 1. The van der Waals surface area contributed by atoms with E-state index in [0.717, 1.165) is 11.5 Å². The van der Waals surface area contributed by atoms with E-state index in [0.29, 0.717) is 51.4 Å². The zero-order valence-electron chi connectivity index (χ0n) is 17.1. The number of benzene rings is 2. The molecule has 0 saturated carbocycles. The Morgan fingerprint density at radius 2 is 1.73 bits per heavy atom. The third-order valence-electron chi connectivity index (χ3n) is 5.09. The minimum atomic E-state index is -0.363. The summed E-state index contributed by atoms with van der Waals surface area (Å²) in [6.45, 7) is 4.60. The fourth-order valence-electron chi connectivity index (χ4n) is 3.55. The lowest BCUT2D eigenvalue weighted by Crippen LogP contribution is -2.41. The van der Waals surface area contributed by atoms with Crippen LogP contribution in [0.5, 0.6) is 11.5 Å². The summed E-state index contributed by atoms with van der Waals surface area (Å²) in [5.41, 5.74) is 0.719. The minimum absolute atomic E-state index is 0.00695. The summed E-state index contributed by atoms with van der Waals surface area (Å²) < 4.78 is 11.0. The summed E-state index contributed by atoms with van der Waals surface area (Å²) in [6.07, 6.45) is 1.33. The first-order valence-electron chi connectivity index (χ1n) is 10.2. The molecule has 1 aliphatic rings. The minimum Gasteiger partial charge on any atom is -0.494 e. The number of carbonyl (C=O) groups excluding carboxylic acids is 1. The predicted molar refractivity (Wildman–Crippen MR) is 114 cm³/mol. The molecule has 0 bridgehead atoms. The highest BCUT2D eigenvalue weighted by molar-refractivity contribution is 5.79. The van der Waals surface area contributed by atoms with Crippen LogP contribution in [0.4, 0.5) is 11.4 Å². The predicted octanol–water partition coefficient (Wildman–Crippen LogP) is 3.41. The Kier molecular flexibility index (Phi) is 7.48. The molecule has 2 aromatic carbocycles. The summed E-state index contributed by atoms with van der Waals surface area (Å²) in [5, 5.41) is 14.2. The highest BCUT2D eigenvalue weighted by Gasteiger charge is 2.27. The molecule has 1 aliphatic heterocycles. The van der Waals surface area contributed by atoms with E-state index in [9.17, 15) is 14.9 Å². The number of para-hydroxylation sites is 2. The van der Waals surface area contributed by atoms with Gasteiger partial charge in [0.1, 0.15) is 23.8 Å². The standard InChI is InChI=1S/C22H27N3O5/c1-2-29-18-7-9-19(10-8-18)30-16-13-23-22(26)17-11-14-24(15-12-17)20-5-3-4-6-21(20)25(27)28/h3-10,17H,2,11-16H2,1H3,(H,23,26). The number of nitro groups is 1. The van der Waals surface area contributed by atoms with Crippen molar-refractivity contribution in [2.45, 2.75) is 19.8 Å². The first-order chi connectivity index (χ1) is 14.6. The van der Waals surface area contributed by atoms with Gasteiger partial charge in [-0.1, -0.05) is 12.1 Å². The van der Waals surface area contributed by atoms with Crippen molar-refractivity contribution in [3.05, 3.63) is 58.6 Å². The third-order valence-corrected chi connectivity index (χ3v) is 5.09. The number of nitrogens with zero attached hydrogens (tertiary/aromatic N) is 2. The van der Waals surface area contributed by atoms with E-state index in [4.69, 9.17) is 9.47 Å². The number of ether oxygens (including phenoxy) is 2. The summed E-state index contributed by atoms with van der Waals surface area (Å²) in [6, 6.07) is 14.1. The van der Waals surface area contributed by atoms with Gasteiger partial charge in [0.05, 0.1) is 18.1 Å². The molecule has 1 amide bonds. The average Bonchev–Trinajstić information content (AvgIpc) is 2.78. The Bertz CT molecular complexity index is 848. The van der Waals surface area contributed by atoms with Crippen molar-refractivity contribution >= 4 is 17.3 Å². The molecule has 0 radical (unpaired) electrons. The van der Waals surface area contributed by atoms with Gasteiger partial charge in [0.2, 0.25) is 5.91 Å². The van der Waals surface area contributed by atoms with Crippen molar-refractivity contribution in [3.8, 4) is 11.5 Å². The van der Waals surface area contributed by atoms with E-state index < -0.39 is 0 Å². The van der Waals surface area contributed by atoms with Crippen LogP contribution in [0.25, 0.3) is 0 Å². The smallest absolute Gasteiger partial charge is 0.292 e. The van der Waals surface area contributed by atoms with Crippen LogP contribution >= 0.6 is 0 Å². The van der Waals surface area contributed by atoms with Gasteiger partial charge in [-0.2, -0.15) is 0 Å². The van der Waals surface area contributed by atoms with E-state index in [1.54, 1.807) is 18.2 Å². The van der Waals surface area contributed by atoms with Gasteiger partial charge in [-0.3, -0.25) is 14.9 Å². The number of carbonyl (C=O) groups is 1. The van der Waals surface area contributed by atoms with E-state index in [1.165, 1.54) is 6.07 Å². The Morgan fingerprint density at radius 1 is 1.10 bits per heavy atom. The van der Waals surface area contributed by atoms with Gasteiger partial charge in [0.15, 0.2) is 0 Å². The lowest BCUT2D eigenvalue weighted by Gasteiger charge is -2.32. The highest BCUT2D eigenvalue weighted by Crippen LogP contribution is 2.31. The Hall–Kier alpha value is -3.29. The van der Waals surface area contributed by atoms with Crippen LogP contribution in [0.15, 0.2) is 48.5 Å². The second-order valence-corrected chi connectivity index (χ2v) is 7.05. The van der Waals surface area contributed by atoms with Crippen molar-refractivity contribution in [2.24, 2.45) is 5.92 Å². The maximum atomic E-state index is 12.4. The lowest BCUT2D eigenvalue weighted by atomic mass is 9.95. The Labute approximate surface area is 175 Å². The van der Waals surface area contributed by atoms with Crippen LogP contribution in [0.3, 0.4) is 0 Å². The number of rotatable bonds is 9. The maximum Gasteiger partial charge on any atom is 0.292 e. The topological polar surface area (TPSA) is 93.9 Å². The number of hydrogen-bond donors (Lipinski definition) is 1. The van der Waals surface area contributed by atoms with Gasteiger partial charge in [0, 0.05) is 25.1 Å². The van der Waals surface area contributed by atoms with Crippen molar-refractivity contribution < 1.29 is 19.2 Å². The van der Waals surface area contributed by atoms with Crippen LogP contribution in [0.1, 0.15) is 19.8 Å². The van der Waals surface area contributed by atoms with Crippen LogP contribution in [-0.4, -0.2) is 43.7 Å². The molecule has 2 aromatic rings. The summed E-state index contributed by atoms with van der Waals surface area (Å²) in [5.74, 6) is 1.44. The van der Waals surface area contributed by atoms with Gasteiger partial charge in [0.25, 0.3) is 5.69 Å². The number of nitro benzene ring substituents is 1. The number of anilines is 1. The van der Waals surface area contributed by atoms with Crippen molar-refractivity contribution in [1.82, 2.24) is 5.32 Å². The molecule has 0 aromatic heterocycles. The average molecular weight is 413 g/mol. The molecule has 8 nitrogen and oxygen atoms in total. The van der Waals surface area contributed by atoms with Gasteiger partial charge in [-0.15, -0.1) is 0 Å². The highest BCUT2D eigenvalue weighted by atomic mass is 16.6. The SMILES string of the molecule is CCOc1ccc(OCCNC(=O)C2CCN(c3ccccc3[N+](=O)[O-])CC2)cc1. The van der Waals surface area contributed by atoms with Crippen LogP contribution < -0.4 is 19.7 Å². The summed E-state index contributed by atoms with van der Waals surface area (Å²) in [4.78, 5) is 25.3. The van der Waals surface area contributed by atoms with Crippen molar-refractivity contribution in [1.29, 1.82) is 0 Å². The van der Waals surface area contributed by atoms with Crippen molar-refractivity contribution in [2.75, 3.05) is 37.7 Å². The quantitative estimate of drug-likeness (QED) is 0.385. The Balaban J connectivity index is 1.40. The maximum absolute atomic E-state index is 12.4. The first kappa shape index (κ1) is 21.4. The second-order valence-electron chi connectivity index (χ2n) is 7.05. The van der Waals surface area contributed by atoms with Crippen molar-refractivity contribution in [3.63, 3.8) is 0 Å². The number of hydrogen-bond acceptors (Lipinski definition) is 6. The largest absolute Gasteiger partial charge is 0.494 e. The molecule has 160 valence electrons. The lowest BCUT2D eigenvalue weighted by molar-refractivity contribution is -0.384. The third kappa shape index (κ3) is 5.62. The van der Waals surface area contributed by atoms with E-state index in [1.807, 2.05) is 36.1 Å². The summed E-state index contributed by atoms with van der Waals surface area (Å²) >= 11 is 0. The van der Waals surface area contributed by atoms with E-state index in [2.05, 4.69) is 5.32 Å². The second kappa shape index (κ2) is 10.5. The molecule has 8 heteroatoms. The zero-order valence-corrected chi connectivity index (χ0v) is 17.1. The zero-order chi connectivity index (χ0) is 21.3. The number of nitrogens with one attached hydrogen (secondary N) is 1.